The summed E-state index contributed by atoms with van der Waals surface area (Å²) < 4.78 is 7.15. The lowest BCUT2D eigenvalue weighted by Crippen LogP contribution is -2.15. The van der Waals surface area contributed by atoms with Crippen molar-refractivity contribution in [2.24, 2.45) is 7.05 Å². The molecule has 0 amide bonds. The molecule has 1 heterocycles. The van der Waals surface area contributed by atoms with Crippen molar-refractivity contribution in [3.8, 4) is 5.75 Å². The van der Waals surface area contributed by atoms with Crippen LogP contribution in [0, 0.1) is 0 Å². The van der Waals surface area contributed by atoms with E-state index in [-0.39, 0.29) is 5.56 Å². The molecule has 1 aromatic heterocycles. The molecular formula is C16H18N2O2. The molecule has 0 bridgehead atoms. The zero-order valence-electron chi connectivity index (χ0n) is 11.5. The van der Waals surface area contributed by atoms with E-state index < -0.39 is 0 Å². The molecule has 0 atom stereocenters. The Morgan fingerprint density at radius 1 is 1.30 bits per heavy atom. The van der Waals surface area contributed by atoms with Crippen LogP contribution in [0.5, 0.6) is 5.75 Å². The second-order valence-corrected chi connectivity index (χ2v) is 4.43. The van der Waals surface area contributed by atoms with Gasteiger partial charge in [-0.25, -0.2) is 0 Å². The lowest BCUT2D eigenvalue weighted by molar-refractivity contribution is 0.359. The van der Waals surface area contributed by atoms with Gasteiger partial charge in [0.1, 0.15) is 12.4 Å². The molecule has 0 aliphatic rings. The molecule has 4 nitrogen and oxygen atoms in total. The van der Waals surface area contributed by atoms with Gasteiger partial charge in [-0.15, -0.1) is 0 Å². The van der Waals surface area contributed by atoms with Crippen molar-refractivity contribution in [2.75, 3.05) is 11.9 Å². The summed E-state index contributed by atoms with van der Waals surface area (Å²) in [5.41, 5.74) is 1.93. The van der Waals surface area contributed by atoms with Gasteiger partial charge in [0.05, 0.1) is 5.69 Å². The zero-order chi connectivity index (χ0) is 14.4. The lowest BCUT2D eigenvalue weighted by Gasteiger charge is -2.12. The van der Waals surface area contributed by atoms with Crippen LogP contribution >= 0.6 is 0 Å². The number of ether oxygens (including phenoxy) is 1. The first-order chi connectivity index (χ1) is 9.70. The number of anilines is 1. The topological polar surface area (TPSA) is 43.3 Å². The van der Waals surface area contributed by atoms with Gasteiger partial charge in [0, 0.05) is 31.4 Å². The summed E-state index contributed by atoms with van der Waals surface area (Å²) in [5, 5.41) is 3.28. The van der Waals surface area contributed by atoms with Gasteiger partial charge in [0.15, 0.2) is 0 Å². The minimum atomic E-state index is -0.0229. The Bertz CT molecular complexity index is 647. The average Bonchev–Trinajstić information content (AvgIpc) is 2.47. The third kappa shape index (κ3) is 3.51. The van der Waals surface area contributed by atoms with Gasteiger partial charge in [-0.05, 0) is 12.1 Å². The summed E-state index contributed by atoms with van der Waals surface area (Å²) in [5.74, 6) is 0.838. The molecule has 0 saturated carbocycles. The third-order valence-electron chi connectivity index (χ3n) is 2.90. The molecule has 0 aliphatic heterocycles. The largest absolute Gasteiger partial charge is 0.489 e. The van der Waals surface area contributed by atoms with Gasteiger partial charge in [-0.2, -0.15) is 0 Å². The average molecular weight is 270 g/mol. The molecule has 4 heteroatoms. The normalized spacial score (nSPS) is 10.1. The van der Waals surface area contributed by atoms with Crippen molar-refractivity contribution in [1.29, 1.82) is 0 Å². The first kappa shape index (κ1) is 13.9. The Balaban J connectivity index is 2.08. The molecule has 1 aromatic carbocycles. The zero-order valence-corrected chi connectivity index (χ0v) is 11.5. The first-order valence-electron chi connectivity index (χ1n) is 6.43. The Morgan fingerprint density at radius 2 is 2.10 bits per heavy atom. The van der Waals surface area contributed by atoms with Gasteiger partial charge >= 0.3 is 0 Å². The number of aryl methyl sites for hydroxylation is 1. The Hall–Kier alpha value is -2.49. The summed E-state index contributed by atoms with van der Waals surface area (Å²) in [6.45, 7) is 4.76. The van der Waals surface area contributed by atoms with E-state index in [9.17, 15) is 4.79 Å². The molecule has 0 fully saturated rings. The Kier molecular flexibility index (Phi) is 4.60. The van der Waals surface area contributed by atoms with Crippen molar-refractivity contribution in [3.63, 3.8) is 0 Å². The van der Waals surface area contributed by atoms with Gasteiger partial charge in [0.2, 0.25) is 5.56 Å². The molecule has 0 spiro atoms. The van der Waals surface area contributed by atoms with Gasteiger partial charge in [-0.1, -0.05) is 30.9 Å². The highest BCUT2D eigenvalue weighted by molar-refractivity contribution is 5.43. The van der Waals surface area contributed by atoms with Crippen LogP contribution in [0.15, 0.2) is 60.0 Å². The van der Waals surface area contributed by atoms with Crippen molar-refractivity contribution in [1.82, 2.24) is 4.57 Å². The van der Waals surface area contributed by atoms with Crippen molar-refractivity contribution in [2.45, 2.75) is 6.54 Å². The highest BCUT2D eigenvalue weighted by Crippen LogP contribution is 2.19. The second-order valence-electron chi connectivity index (χ2n) is 4.43. The van der Waals surface area contributed by atoms with Gasteiger partial charge in [-0.3, -0.25) is 4.79 Å². The molecule has 20 heavy (non-hydrogen) atoms. The lowest BCUT2D eigenvalue weighted by atomic mass is 10.2. The fraction of sp³-hybridized carbons (Fsp3) is 0.188. The SMILES string of the molecule is C=CCOc1ccccc1CNc1ccc(=O)n(C)c1. The van der Waals surface area contributed by atoms with E-state index in [1.165, 1.54) is 0 Å². The van der Waals surface area contributed by atoms with Crippen molar-refractivity contribution < 1.29 is 4.74 Å². The van der Waals surface area contributed by atoms with Crippen LogP contribution in [0.1, 0.15) is 5.56 Å². The highest BCUT2D eigenvalue weighted by atomic mass is 16.5. The monoisotopic (exact) mass is 270 g/mol. The predicted octanol–water partition coefficient (Wildman–Crippen LogP) is 2.56. The number of hydrogen-bond acceptors (Lipinski definition) is 3. The van der Waals surface area contributed by atoms with E-state index in [0.29, 0.717) is 13.2 Å². The number of pyridine rings is 1. The Morgan fingerprint density at radius 3 is 2.85 bits per heavy atom. The van der Waals surface area contributed by atoms with Gasteiger partial charge in [0.25, 0.3) is 0 Å². The van der Waals surface area contributed by atoms with Crippen LogP contribution < -0.4 is 15.6 Å². The van der Waals surface area contributed by atoms with Crippen LogP contribution in [0.4, 0.5) is 5.69 Å². The molecule has 0 unspecified atom stereocenters. The molecule has 0 aliphatic carbocycles. The number of rotatable bonds is 6. The molecule has 0 saturated heterocycles. The van der Waals surface area contributed by atoms with Crippen LogP contribution in [0.25, 0.3) is 0 Å². The quantitative estimate of drug-likeness (QED) is 0.820. The van der Waals surface area contributed by atoms with Crippen molar-refractivity contribution in [3.05, 3.63) is 71.2 Å². The number of nitrogens with one attached hydrogen (secondary N) is 1. The van der Waals surface area contributed by atoms with Gasteiger partial charge < -0.3 is 14.6 Å². The summed E-state index contributed by atoms with van der Waals surface area (Å²) >= 11 is 0. The number of aromatic nitrogens is 1. The second kappa shape index (κ2) is 6.61. The molecular weight excluding hydrogens is 252 g/mol. The minimum Gasteiger partial charge on any atom is -0.489 e. The van der Waals surface area contributed by atoms with Crippen LogP contribution in [-0.2, 0) is 13.6 Å². The summed E-state index contributed by atoms with van der Waals surface area (Å²) in [7, 11) is 1.73. The van der Waals surface area contributed by atoms with E-state index in [4.69, 9.17) is 4.74 Å². The van der Waals surface area contributed by atoms with E-state index >= 15 is 0 Å². The maximum absolute atomic E-state index is 11.3. The van der Waals surface area contributed by atoms with Crippen LogP contribution in [0.3, 0.4) is 0 Å². The highest BCUT2D eigenvalue weighted by Gasteiger charge is 2.02. The predicted molar refractivity (Wildman–Crippen MR) is 81.1 cm³/mol. The third-order valence-corrected chi connectivity index (χ3v) is 2.90. The van der Waals surface area contributed by atoms with E-state index in [2.05, 4.69) is 11.9 Å². The molecule has 0 radical (unpaired) electrons. The standard InChI is InChI=1S/C16H18N2O2/c1-3-10-20-15-7-5-4-6-13(15)11-17-14-8-9-16(19)18(2)12-14/h3-9,12,17H,1,10-11H2,2H3. The summed E-state index contributed by atoms with van der Waals surface area (Å²) in [6.07, 6.45) is 3.49. The van der Waals surface area contributed by atoms with E-state index in [1.54, 1.807) is 36.0 Å². The summed E-state index contributed by atoms with van der Waals surface area (Å²) in [6, 6.07) is 11.2. The Labute approximate surface area is 118 Å². The molecule has 2 aromatic rings. The fourth-order valence-corrected chi connectivity index (χ4v) is 1.84. The number of benzene rings is 1. The maximum atomic E-state index is 11.3. The van der Waals surface area contributed by atoms with Crippen LogP contribution in [-0.4, -0.2) is 11.2 Å². The molecule has 2 rings (SSSR count). The maximum Gasteiger partial charge on any atom is 0.250 e. The van der Waals surface area contributed by atoms with Crippen LogP contribution in [0.2, 0.25) is 0 Å². The minimum absolute atomic E-state index is 0.0229. The smallest absolute Gasteiger partial charge is 0.250 e. The molecule has 104 valence electrons. The fourth-order valence-electron chi connectivity index (χ4n) is 1.84. The number of nitrogens with zero attached hydrogens (tertiary/aromatic N) is 1. The number of para-hydroxylation sites is 1. The molecule has 1 N–H and O–H groups in total. The van der Waals surface area contributed by atoms with Crippen molar-refractivity contribution >= 4 is 5.69 Å². The van der Waals surface area contributed by atoms with E-state index in [1.807, 2.05) is 24.3 Å². The van der Waals surface area contributed by atoms with E-state index in [0.717, 1.165) is 17.0 Å². The first-order valence-corrected chi connectivity index (χ1v) is 6.43. The number of hydrogen-bond donors (Lipinski definition) is 1. The summed E-state index contributed by atoms with van der Waals surface area (Å²) in [4.78, 5) is 11.3.